The summed E-state index contributed by atoms with van der Waals surface area (Å²) in [6.45, 7) is 1.89. The van der Waals surface area contributed by atoms with Crippen LogP contribution in [-0.4, -0.2) is 42.4 Å². The lowest BCUT2D eigenvalue weighted by atomic mass is 10.1. The highest BCUT2D eigenvalue weighted by Crippen LogP contribution is 2.29. The summed E-state index contributed by atoms with van der Waals surface area (Å²) < 4.78 is 70.4. The molecule has 0 saturated heterocycles. The van der Waals surface area contributed by atoms with Crippen LogP contribution >= 0.6 is 11.3 Å². The zero-order valence-electron chi connectivity index (χ0n) is 26.8. The van der Waals surface area contributed by atoms with Crippen LogP contribution in [0, 0.1) is 12.7 Å². The van der Waals surface area contributed by atoms with Gasteiger partial charge in [0.15, 0.2) is 0 Å². The Morgan fingerprint density at radius 2 is 1.46 bits per heavy atom. The van der Waals surface area contributed by atoms with E-state index < -0.39 is 25.5 Å². The fourth-order valence-electron chi connectivity index (χ4n) is 5.87. The molecule has 9 nitrogen and oxygen atoms in total. The number of halogens is 1. The second-order valence-electron chi connectivity index (χ2n) is 11.9. The molecule has 5 aromatic carbocycles. The van der Waals surface area contributed by atoms with Gasteiger partial charge in [-0.2, -0.15) is 5.10 Å². The Balaban J connectivity index is 1.18. The van der Waals surface area contributed by atoms with E-state index in [1.807, 2.05) is 0 Å². The highest BCUT2D eigenvalue weighted by atomic mass is 32.2. The lowest BCUT2D eigenvalue weighted by molar-refractivity contribution is 0.0730. The van der Waals surface area contributed by atoms with Gasteiger partial charge in [-0.05, 0) is 96.4 Å². The van der Waals surface area contributed by atoms with E-state index in [1.54, 1.807) is 89.7 Å². The number of sulfone groups is 2. The van der Waals surface area contributed by atoms with Gasteiger partial charge in [0.1, 0.15) is 5.82 Å². The first-order valence-electron chi connectivity index (χ1n) is 15.4. The summed E-state index contributed by atoms with van der Waals surface area (Å²) in [4.78, 5) is 20.0. The van der Waals surface area contributed by atoms with E-state index in [0.29, 0.717) is 33.2 Å². The molecule has 1 amide bonds. The fourth-order valence-corrected chi connectivity index (χ4v) is 9.41. The normalized spacial score (nSPS) is 12.1. The number of aromatic nitrogens is 3. The number of thiazole rings is 1. The highest BCUT2D eigenvalue weighted by molar-refractivity contribution is 7.92. The maximum absolute atomic E-state index is 14.0. The second kappa shape index (κ2) is 12.9. The van der Waals surface area contributed by atoms with Crippen molar-refractivity contribution in [2.75, 3.05) is 0 Å². The number of amides is 1. The predicted molar refractivity (Wildman–Crippen MR) is 189 cm³/mol. The molecule has 0 aliphatic rings. The molecule has 0 fully saturated rings. The van der Waals surface area contributed by atoms with E-state index in [9.17, 15) is 26.0 Å². The lowest BCUT2D eigenvalue weighted by Crippen LogP contribution is -2.30. The number of nitrogens with zero attached hydrogens (tertiary/aromatic N) is 4. The Bertz CT molecular complexity index is 2610. The average Bonchev–Trinajstić information content (AvgIpc) is 3.73. The molecule has 252 valence electrons. The maximum atomic E-state index is 14.0. The van der Waals surface area contributed by atoms with Crippen molar-refractivity contribution in [2.45, 2.75) is 39.6 Å². The summed E-state index contributed by atoms with van der Waals surface area (Å²) >= 11 is 1.42. The Kier molecular flexibility index (Phi) is 8.58. The molecule has 0 aliphatic heterocycles. The molecular formula is C37H29FN4O5S3. The van der Waals surface area contributed by atoms with Crippen LogP contribution in [0.2, 0.25) is 0 Å². The molecule has 2 aromatic heterocycles. The van der Waals surface area contributed by atoms with Crippen molar-refractivity contribution in [2.24, 2.45) is 7.05 Å². The van der Waals surface area contributed by atoms with Gasteiger partial charge in [-0.15, -0.1) is 11.3 Å². The van der Waals surface area contributed by atoms with E-state index in [2.05, 4.69) is 10.1 Å². The first kappa shape index (κ1) is 33.3. The van der Waals surface area contributed by atoms with Gasteiger partial charge in [-0.1, -0.05) is 30.3 Å². The van der Waals surface area contributed by atoms with Crippen LogP contribution in [-0.2, 0) is 39.8 Å². The van der Waals surface area contributed by atoms with Crippen molar-refractivity contribution in [3.8, 4) is 0 Å². The lowest BCUT2D eigenvalue weighted by Gasteiger charge is -2.24. The Labute approximate surface area is 292 Å². The van der Waals surface area contributed by atoms with Gasteiger partial charge in [0.2, 0.25) is 19.7 Å². The zero-order valence-corrected chi connectivity index (χ0v) is 29.3. The topological polar surface area (TPSA) is 119 Å². The van der Waals surface area contributed by atoms with Crippen molar-refractivity contribution < 1.29 is 26.0 Å². The van der Waals surface area contributed by atoms with E-state index in [4.69, 9.17) is 0 Å². The summed E-state index contributed by atoms with van der Waals surface area (Å²) in [7, 11) is -6.10. The molecule has 0 radical (unpaired) electrons. The van der Waals surface area contributed by atoms with Crippen LogP contribution < -0.4 is 0 Å². The van der Waals surface area contributed by atoms with Crippen LogP contribution in [0.1, 0.15) is 27.0 Å². The molecule has 0 bridgehead atoms. The van der Waals surface area contributed by atoms with Gasteiger partial charge in [-0.3, -0.25) is 9.48 Å². The first-order chi connectivity index (χ1) is 23.9. The van der Waals surface area contributed by atoms with Gasteiger partial charge in [0, 0.05) is 31.1 Å². The number of fused-ring (bicyclic) bond motifs is 2. The summed E-state index contributed by atoms with van der Waals surface area (Å²) in [6, 6.07) is 26.6. The molecule has 2 heterocycles. The second-order valence-corrected chi connectivity index (χ2v) is 16.7. The van der Waals surface area contributed by atoms with Crippen LogP contribution in [0.25, 0.3) is 21.1 Å². The van der Waals surface area contributed by atoms with Crippen LogP contribution in [0.3, 0.4) is 0 Å². The maximum Gasteiger partial charge on any atom is 0.254 e. The monoisotopic (exact) mass is 724 g/mol. The van der Waals surface area contributed by atoms with Crippen LogP contribution in [0.5, 0.6) is 0 Å². The van der Waals surface area contributed by atoms with Gasteiger partial charge < -0.3 is 4.90 Å². The number of hydrogen-bond acceptors (Lipinski definition) is 8. The molecular weight excluding hydrogens is 696 g/mol. The third-order valence-corrected chi connectivity index (χ3v) is 12.8. The summed E-state index contributed by atoms with van der Waals surface area (Å²) in [5, 5.41) is 4.73. The van der Waals surface area contributed by atoms with Crippen molar-refractivity contribution in [1.29, 1.82) is 0 Å². The summed E-state index contributed by atoms with van der Waals surface area (Å²) in [5.41, 5.74) is 5.48. The van der Waals surface area contributed by atoms with Crippen LogP contribution in [0.4, 0.5) is 4.39 Å². The Morgan fingerprint density at radius 1 is 0.800 bits per heavy atom. The number of aryl methyl sites for hydroxylation is 2. The van der Waals surface area contributed by atoms with E-state index >= 15 is 0 Å². The summed E-state index contributed by atoms with van der Waals surface area (Å²) in [6.07, 6.45) is 1.54. The van der Waals surface area contributed by atoms with Crippen molar-refractivity contribution in [3.63, 3.8) is 0 Å². The number of carbonyl (C=O) groups is 1. The first-order valence-corrected chi connectivity index (χ1v) is 19.2. The van der Waals surface area contributed by atoms with Gasteiger partial charge in [0.25, 0.3) is 5.91 Å². The predicted octanol–water partition coefficient (Wildman–Crippen LogP) is 7.14. The molecule has 0 saturated carbocycles. The number of carbonyl (C=O) groups excluding carboxylic acids is 1. The highest BCUT2D eigenvalue weighted by Gasteiger charge is 2.24. The van der Waals surface area contributed by atoms with Crippen LogP contribution in [0.15, 0.2) is 134 Å². The van der Waals surface area contributed by atoms with Gasteiger partial charge >= 0.3 is 0 Å². The fraction of sp³-hybridized carbons (Fsp3) is 0.108. The number of hydrogen-bond donors (Lipinski definition) is 0. The molecule has 0 unspecified atom stereocenters. The van der Waals surface area contributed by atoms with E-state index in [-0.39, 0.29) is 38.6 Å². The minimum Gasteiger partial charge on any atom is -0.330 e. The molecule has 7 aromatic rings. The number of benzene rings is 5. The molecule has 0 aliphatic carbocycles. The number of rotatable bonds is 9. The van der Waals surface area contributed by atoms with E-state index in [1.165, 1.54) is 53.9 Å². The largest absolute Gasteiger partial charge is 0.330 e. The minimum atomic E-state index is -3.98. The van der Waals surface area contributed by atoms with E-state index in [0.717, 1.165) is 16.3 Å². The average molecular weight is 725 g/mol. The third kappa shape index (κ3) is 6.30. The smallest absolute Gasteiger partial charge is 0.254 e. The molecule has 0 atom stereocenters. The van der Waals surface area contributed by atoms with Gasteiger partial charge in [-0.25, -0.2) is 26.2 Å². The van der Waals surface area contributed by atoms with Crippen molar-refractivity contribution >= 4 is 58.0 Å². The van der Waals surface area contributed by atoms with Crippen molar-refractivity contribution in [3.05, 3.63) is 143 Å². The Morgan fingerprint density at radius 3 is 2.12 bits per heavy atom. The molecule has 50 heavy (non-hydrogen) atoms. The zero-order chi connectivity index (χ0) is 35.2. The summed E-state index contributed by atoms with van der Waals surface area (Å²) in [5.74, 6) is -0.908. The van der Waals surface area contributed by atoms with Crippen molar-refractivity contribution in [1.82, 2.24) is 19.7 Å². The molecule has 0 spiro atoms. The molecule has 0 N–H and O–H groups in total. The van der Waals surface area contributed by atoms with Gasteiger partial charge in [0.05, 0.1) is 47.0 Å². The minimum absolute atomic E-state index is 0.00134. The standard InChI is InChI=1S/C37H29FN4O5S3/c1-24-16-28(38)19-31(17-24)49(44,45)29-11-6-25(7-12-29)21-42(37(43)27-10-15-33-35(18-27)48-23-39-33)22-26-8-13-30(14-9-26)50(46,47)36-5-3-4-34-32(36)20-40-41(34)2/h3-20,23H,21-22H2,1-2H3. The Hall–Kier alpha value is -5.24. The molecule has 13 heteroatoms. The third-order valence-electron chi connectivity index (χ3n) is 8.45. The quantitative estimate of drug-likeness (QED) is 0.155. The molecule has 7 rings (SSSR count). The SMILES string of the molecule is Cc1cc(F)cc(S(=O)(=O)c2ccc(CN(Cc3ccc(S(=O)(=O)c4cccc5c4cnn5C)cc3)C(=O)c3ccc4ncsc4c3)cc2)c1.